The van der Waals surface area contributed by atoms with Crippen LogP contribution in [0.4, 0.5) is 13.2 Å². The first kappa shape index (κ1) is 20.9. The van der Waals surface area contributed by atoms with Gasteiger partial charge >= 0.3 is 12.1 Å². The Hall–Kier alpha value is -1.80. The zero-order chi connectivity index (χ0) is 20.6. The zero-order valence-electron chi connectivity index (χ0n) is 15.8. The van der Waals surface area contributed by atoms with E-state index in [-0.39, 0.29) is 25.8 Å². The fourth-order valence-electron chi connectivity index (χ4n) is 4.69. The standard InChI is InChI=1S/C20H26F3NO4/c1-28-15-7-4-14(5-8-15)6-9-16-19(27)11-3-2-10-18(19,26)12-13-24(16)17(25)20(21,22)23/h4-5,7-8,16,26-27H,2-3,6,9-13H2,1H3/t16-,18-,19-/m0/s1. The van der Waals surface area contributed by atoms with E-state index in [1.54, 1.807) is 24.3 Å². The lowest BCUT2D eigenvalue weighted by atomic mass is 9.63. The average Bonchev–Trinajstić information content (AvgIpc) is 2.65. The van der Waals surface area contributed by atoms with Crippen molar-refractivity contribution in [2.45, 2.75) is 68.4 Å². The van der Waals surface area contributed by atoms with Crippen LogP contribution in [0, 0.1) is 0 Å². The first-order valence-electron chi connectivity index (χ1n) is 9.56. The second-order valence-corrected chi connectivity index (χ2v) is 7.81. The summed E-state index contributed by atoms with van der Waals surface area (Å²) in [5.74, 6) is -1.29. The van der Waals surface area contributed by atoms with Crippen LogP contribution < -0.4 is 4.74 Å². The molecule has 1 aromatic carbocycles. The van der Waals surface area contributed by atoms with Crippen LogP contribution in [0.5, 0.6) is 5.75 Å². The molecule has 1 saturated heterocycles. The van der Waals surface area contributed by atoms with Gasteiger partial charge in [0.25, 0.3) is 0 Å². The normalized spacial score (nSPS) is 30.6. The lowest BCUT2D eigenvalue weighted by molar-refractivity contribution is -0.245. The lowest BCUT2D eigenvalue weighted by Crippen LogP contribution is -2.73. The molecule has 1 aliphatic heterocycles. The number of hydrogen-bond acceptors (Lipinski definition) is 4. The molecule has 0 spiro atoms. The van der Waals surface area contributed by atoms with E-state index in [0.29, 0.717) is 31.4 Å². The Balaban J connectivity index is 1.87. The Morgan fingerprint density at radius 3 is 2.43 bits per heavy atom. The van der Waals surface area contributed by atoms with E-state index in [1.807, 2.05) is 0 Å². The van der Waals surface area contributed by atoms with Crippen molar-refractivity contribution in [2.75, 3.05) is 13.7 Å². The number of piperidine rings is 1. The molecule has 3 atom stereocenters. The Kier molecular flexibility index (Phi) is 5.64. The topological polar surface area (TPSA) is 70.0 Å². The van der Waals surface area contributed by atoms with Gasteiger partial charge in [0.05, 0.1) is 18.8 Å². The monoisotopic (exact) mass is 401 g/mol. The molecule has 0 aromatic heterocycles. The Morgan fingerprint density at radius 2 is 1.82 bits per heavy atom. The quantitative estimate of drug-likeness (QED) is 0.814. The van der Waals surface area contributed by atoms with Crippen molar-refractivity contribution in [3.63, 3.8) is 0 Å². The highest BCUT2D eigenvalue weighted by molar-refractivity contribution is 5.82. The highest BCUT2D eigenvalue weighted by Gasteiger charge is 2.61. The molecule has 8 heteroatoms. The third-order valence-corrected chi connectivity index (χ3v) is 6.27. The number of aryl methyl sites for hydroxylation is 1. The minimum Gasteiger partial charge on any atom is -0.497 e. The zero-order valence-corrected chi connectivity index (χ0v) is 15.8. The number of amides is 1. The summed E-state index contributed by atoms with van der Waals surface area (Å²) in [6.45, 7) is -0.218. The van der Waals surface area contributed by atoms with Crippen molar-refractivity contribution in [1.29, 1.82) is 0 Å². The van der Waals surface area contributed by atoms with Crippen LogP contribution in [0.15, 0.2) is 24.3 Å². The van der Waals surface area contributed by atoms with E-state index in [9.17, 15) is 28.2 Å². The summed E-state index contributed by atoms with van der Waals surface area (Å²) in [5.41, 5.74) is -2.34. The van der Waals surface area contributed by atoms with E-state index in [1.165, 1.54) is 7.11 Å². The van der Waals surface area contributed by atoms with Gasteiger partial charge < -0.3 is 19.8 Å². The number of hydrogen-bond donors (Lipinski definition) is 2. The van der Waals surface area contributed by atoms with Crippen LogP contribution >= 0.6 is 0 Å². The number of fused-ring (bicyclic) bond motifs is 1. The first-order chi connectivity index (χ1) is 13.1. The van der Waals surface area contributed by atoms with E-state index in [0.717, 1.165) is 10.5 Å². The number of likely N-dealkylation sites (tertiary alicyclic amines) is 1. The molecule has 2 aliphatic rings. The molecule has 1 aromatic rings. The van der Waals surface area contributed by atoms with E-state index in [4.69, 9.17) is 4.74 Å². The number of halogens is 3. The molecular formula is C20H26F3NO4. The summed E-state index contributed by atoms with van der Waals surface area (Å²) in [7, 11) is 1.54. The number of carbonyl (C=O) groups excluding carboxylic acids is 1. The number of nitrogens with zero attached hydrogens (tertiary/aromatic N) is 1. The van der Waals surface area contributed by atoms with E-state index in [2.05, 4.69) is 0 Å². The van der Waals surface area contributed by atoms with Crippen LogP contribution in [0.2, 0.25) is 0 Å². The van der Waals surface area contributed by atoms with Crippen LogP contribution in [-0.2, 0) is 11.2 Å². The van der Waals surface area contributed by atoms with Crippen LogP contribution in [0.3, 0.4) is 0 Å². The maximum Gasteiger partial charge on any atom is 0.471 e. The van der Waals surface area contributed by atoms with Gasteiger partial charge in [-0.2, -0.15) is 13.2 Å². The summed E-state index contributed by atoms with van der Waals surface area (Å²) in [5, 5.41) is 22.3. The molecule has 2 fully saturated rings. The lowest BCUT2D eigenvalue weighted by Gasteiger charge is -2.58. The van der Waals surface area contributed by atoms with Gasteiger partial charge in [0.2, 0.25) is 0 Å². The highest BCUT2D eigenvalue weighted by atomic mass is 19.4. The smallest absolute Gasteiger partial charge is 0.471 e. The van der Waals surface area contributed by atoms with Gasteiger partial charge in [0.15, 0.2) is 0 Å². The largest absolute Gasteiger partial charge is 0.497 e. The van der Waals surface area contributed by atoms with Crippen molar-refractivity contribution < 1.29 is 32.9 Å². The number of ether oxygens (including phenoxy) is 1. The Bertz CT molecular complexity index is 708. The van der Waals surface area contributed by atoms with E-state index >= 15 is 0 Å². The number of rotatable bonds is 4. The summed E-state index contributed by atoms with van der Waals surface area (Å²) in [6.07, 6.45) is -2.75. The Morgan fingerprint density at radius 1 is 1.18 bits per heavy atom. The average molecular weight is 401 g/mol. The molecule has 2 N–H and O–H groups in total. The van der Waals surface area contributed by atoms with Crippen molar-refractivity contribution in [1.82, 2.24) is 4.90 Å². The van der Waals surface area contributed by atoms with Crippen molar-refractivity contribution in [3.8, 4) is 5.75 Å². The molecule has 156 valence electrons. The van der Waals surface area contributed by atoms with Crippen LogP contribution in [0.25, 0.3) is 0 Å². The fraction of sp³-hybridized carbons (Fsp3) is 0.650. The van der Waals surface area contributed by atoms with Gasteiger partial charge in [-0.1, -0.05) is 25.0 Å². The third-order valence-electron chi connectivity index (χ3n) is 6.27. The molecule has 1 saturated carbocycles. The predicted molar refractivity (Wildman–Crippen MR) is 95.9 cm³/mol. The molecule has 1 aliphatic carbocycles. The molecular weight excluding hydrogens is 375 g/mol. The van der Waals surface area contributed by atoms with Gasteiger partial charge in [-0.25, -0.2) is 0 Å². The summed E-state index contributed by atoms with van der Waals surface area (Å²) in [4.78, 5) is 12.8. The van der Waals surface area contributed by atoms with Gasteiger partial charge in [-0.3, -0.25) is 4.79 Å². The maximum atomic E-state index is 13.1. The summed E-state index contributed by atoms with van der Waals surface area (Å²) < 4.78 is 44.5. The van der Waals surface area contributed by atoms with Gasteiger partial charge in [-0.05, 0) is 49.8 Å². The molecule has 28 heavy (non-hydrogen) atoms. The minimum absolute atomic E-state index is 0.0512. The molecule has 1 amide bonds. The number of benzene rings is 1. The van der Waals surface area contributed by atoms with Crippen molar-refractivity contribution in [2.24, 2.45) is 0 Å². The molecule has 0 unspecified atom stereocenters. The fourth-order valence-corrected chi connectivity index (χ4v) is 4.69. The number of methoxy groups -OCH3 is 1. The number of alkyl halides is 3. The summed E-state index contributed by atoms with van der Waals surface area (Å²) in [6, 6.07) is 6.01. The number of aliphatic hydroxyl groups is 2. The molecule has 0 bridgehead atoms. The molecule has 3 rings (SSSR count). The first-order valence-corrected chi connectivity index (χ1v) is 9.56. The molecule has 1 heterocycles. The predicted octanol–water partition coefficient (Wildman–Crippen LogP) is 2.83. The van der Waals surface area contributed by atoms with Crippen LogP contribution in [0.1, 0.15) is 44.1 Å². The van der Waals surface area contributed by atoms with Crippen LogP contribution in [-0.4, -0.2) is 58.1 Å². The second kappa shape index (κ2) is 7.55. The van der Waals surface area contributed by atoms with Crippen molar-refractivity contribution >= 4 is 5.91 Å². The molecule has 5 nitrogen and oxygen atoms in total. The van der Waals surface area contributed by atoms with E-state index < -0.39 is 29.3 Å². The Labute approximate surface area is 162 Å². The van der Waals surface area contributed by atoms with Gasteiger partial charge in [0, 0.05) is 6.54 Å². The molecule has 0 radical (unpaired) electrons. The van der Waals surface area contributed by atoms with Gasteiger partial charge in [-0.15, -0.1) is 0 Å². The SMILES string of the molecule is COc1ccc(CC[C@@H]2N(C(=O)C(F)(F)F)CC[C@@]3(O)CCCC[C@]23O)cc1. The summed E-state index contributed by atoms with van der Waals surface area (Å²) >= 11 is 0. The minimum atomic E-state index is -5.02. The van der Waals surface area contributed by atoms with Gasteiger partial charge in [0.1, 0.15) is 11.4 Å². The highest BCUT2D eigenvalue weighted by Crippen LogP contribution is 2.48. The maximum absolute atomic E-state index is 13.1. The second-order valence-electron chi connectivity index (χ2n) is 7.81. The number of carbonyl (C=O) groups is 1. The van der Waals surface area contributed by atoms with Crippen molar-refractivity contribution in [3.05, 3.63) is 29.8 Å². The third kappa shape index (κ3) is 3.72.